The molecule has 108 valence electrons. The van der Waals surface area contributed by atoms with Gasteiger partial charge in [-0.2, -0.15) is 0 Å². The van der Waals surface area contributed by atoms with Gasteiger partial charge in [-0.3, -0.25) is 0 Å². The van der Waals surface area contributed by atoms with Gasteiger partial charge in [0.1, 0.15) is 6.04 Å². The second-order valence-corrected chi connectivity index (χ2v) is 4.95. The first-order valence-electron chi connectivity index (χ1n) is 6.54. The average Bonchev–Trinajstić information content (AvgIpc) is 2.48. The normalized spacial score (nSPS) is 11.4. The zero-order valence-electron chi connectivity index (χ0n) is 11.3. The van der Waals surface area contributed by atoms with E-state index < -0.39 is 12.0 Å². The average molecular weight is 300 g/mol. The maximum atomic E-state index is 11.3. The van der Waals surface area contributed by atoms with Gasteiger partial charge in [0.05, 0.1) is 0 Å². The highest BCUT2D eigenvalue weighted by Gasteiger charge is 2.18. The second-order valence-electron chi connectivity index (χ2n) is 4.55. The van der Waals surface area contributed by atoms with Crippen LogP contribution in [0.25, 0.3) is 0 Å². The van der Waals surface area contributed by atoms with E-state index in [1.165, 1.54) is 0 Å². The van der Waals surface area contributed by atoms with Gasteiger partial charge in [0.25, 0.3) is 0 Å². The number of carboxylic acid groups (broad SMARTS) is 1. The van der Waals surface area contributed by atoms with E-state index in [4.69, 9.17) is 12.2 Å². The van der Waals surface area contributed by atoms with Crippen molar-refractivity contribution in [2.75, 3.05) is 5.32 Å². The van der Waals surface area contributed by atoms with E-state index >= 15 is 0 Å². The van der Waals surface area contributed by atoms with Crippen LogP contribution in [-0.4, -0.2) is 22.2 Å². The summed E-state index contributed by atoms with van der Waals surface area (Å²) in [7, 11) is 0. The van der Waals surface area contributed by atoms with Crippen LogP contribution >= 0.6 is 12.2 Å². The molecular weight excluding hydrogens is 284 g/mol. The molecule has 0 aliphatic heterocycles. The Morgan fingerprint density at radius 3 is 2.19 bits per heavy atom. The predicted molar refractivity (Wildman–Crippen MR) is 87.4 cm³/mol. The minimum absolute atomic E-state index is 0.296. The Hall–Kier alpha value is -2.40. The number of hydrogen-bond donors (Lipinski definition) is 3. The van der Waals surface area contributed by atoms with Gasteiger partial charge in [0.15, 0.2) is 5.11 Å². The van der Waals surface area contributed by atoms with Gasteiger partial charge >= 0.3 is 5.97 Å². The second kappa shape index (κ2) is 7.40. The summed E-state index contributed by atoms with van der Waals surface area (Å²) < 4.78 is 0. The molecule has 2 aromatic rings. The van der Waals surface area contributed by atoms with Crippen molar-refractivity contribution in [1.82, 2.24) is 5.32 Å². The summed E-state index contributed by atoms with van der Waals surface area (Å²) in [5.74, 6) is -0.934. The van der Waals surface area contributed by atoms with Crippen molar-refractivity contribution in [3.05, 3.63) is 66.2 Å². The molecule has 21 heavy (non-hydrogen) atoms. The third kappa shape index (κ3) is 4.89. The summed E-state index contributed by atoms with van der Waals surface area (Å²) in [4.78, 5) is 11.3. The SMILES string of the molecule is O=C(O)[C@@H](Cc1ccccc1)NC(=S)Nc1ccccc1. The summed E-state index contributed by atoms with van der Waals surface area (Å²) in [6.07, 6.45) is 0.368. The van der Waals surface area contributed by atoms with Gasteiger partial charge in [-0.05, 0) is 29.9 Å². The van der Waals surface area contributed by atoms with Gasteiger partial charge in [0, 0.05) is 12.1 Å². The fourth-order valence-electron chi connectivity index (χ4n) is 1.90. The van der Waals surface area contributed by atoms with Crippen LogP contribution in [0.1, 0.15) is 5.56 Å². The van der Waals surface area contributed by atoms with Crippen molar-refractivity contribution in [2.24, 2.45) is 0 Å². The Bertz CT molecular complexity index is 602. The van der Waals surface area contributed by atoms with E-state index in [0.717, 1.165) is 11.3 Å². The Balaban J connectivity index is 1.96. The number of thiocarbonyl (C=S) groups is 1. The Labute approximate surface area is 128 Å². The lowest BCUT2D eigenvalue weighted by atomic mass is 10.1. The Morgan fingerprint density at radius 1 is 1.05 bits per heavy atom. The number of rotatable bonds is 5. The number of nitrogens with one attached hydrogen (secondary N) is 2. The molecule has 0 fully saturated rings. The number of benzene rings is 2. The highest BCUT2D eigenvalue weighted by Crippen LogP contribution is 2.06. The summed E-state index contributed by atoms with van der Waals surface area (Å²) >= 11 is 5.16. The van der Waals surface area contributed by atoms with Gasteiger partial charge in [-0.1, -0.05) is 48.5 Å². The molecule has 0 unspecified atom stereocenters. The van der Waals surface area contributed by atoms with E-state index in [1.807, 2.05) is 60.7 Å². The first-order valence-corrected chi connectivity index (χ1v) is 6.95. The minimum atomic E-state index is -0.934. The summed E-state index contributed by atoms with van der Waals surface area (Å²) in [6.45, 7) is 0. The van der Waals surface area contributed by atoms with Crippen LogP contribution in [0.4, 0.5) is 5.69 Å². The van der Waals surface area contributed by atoms with Gasteiger partial charge < -0.3 is 15.7 Å². The number of anilines is 1. The number of para-hydroxylation sites is 1. The van der Waals surface area contributed by atoms with Gasteiger partial charge in [-0.25, -0.2) is 4.79 Å². The quantitative estimate of drug-likeness (QED) is 0.741. The van der Waals surface area contributed by atoms with Crippen LogP contribution in [0.3, 0.4) is 0 Å². The minimum Gasteiger partial charge on any atom is -0.480 e. The zero-order valence-corrected chi connectivity index (χ0v) is 12.1. The molecule has 2 rings (SSSR count). The molecule has 0 spiro atoms. The number of aliphatic carboxylic acids is 1. The number of hydrogen-bond acceptors (Lipinski definition) is 2. The molecule has 4 nitrogen and oxygen atoms in total. The first kappa shape index (κ1) is 15.0. The smallest absolute Gasteiger partial charge is 0.326 e. The molecular formula is C16H16N2O2S. The molecule has 0 radical (unpaired) electrons. The maximum absolute atomic E-state index is 11.3. The van der Waals surface area contributed by atoms with Gasteiger partial charge in [0.2, 0.25) is 0 Å². The molecule has 0 aliphatic rings. The molecule has 0 amide bonds. The molecule has 1 atom stereocenters. The molecule has 0 saturated heterocycles. The van der Waals surface area contributed by atoms with Crippen LogP contribution in [0.15, 0.2) is 60.7 Å². The molecule has 0 aliphatic carbocycles. The lowest BCUT2D eigenvalue weighted by Gasteiger charge is -2.17. The van der Waals surface area contributed by atoms with E-state index in [1.54, 1.807) is 0 Å². The molecule has 0 bridgehead atoms. The number of carboxylic acids is 1. The molecule has 2 aromatic carbocycles. The predicted octanol–water partition coefficient (Wildman–Crippen LogP) is 2.67. The maximum Gasteiger partial charge on any atom is 0.326 e. The highest BCUT2D eigenvalue weighted by molar-refractivity contribution is 7.80. The highest BCUT2D eigenvalue weighted by atomic mass is 32.1. The third-order valence-electron chi connectivity index (χ3n) is 2.92. The molecule has 0 heterocycles. The van der Waals surface area contributed by atoms with Crippen molar-refractivity contribution < 1.29 is 9.90 Å². The molecule has 5 heteroatoms. The van der Waals surface area contributed by atoms with E-state index in [9.17, 15) is 9.90 Å². The summed E-state index contributed by atoms with van der Waals surface area (Å²) in [6, 6.07) is 18.1. The van der Waals surface area contributed by atoms with Crippen LogP contribution in [0, 0.1) is 0 Å². The molecule has 3 N–H and O–H groups in total. The van der Waals surface area contributed by atoms with Crippen LogP contribution in [0.2, 0.25) is 0 Å². The van der Waals surface area contributed by atoms with Crippen LogP contribution < -0.4 is 10.6 Å². The first-order chi connectivity index (χ1) is 10.1. The Morgan fingerprint density at radius 2 is 1.62 bits per heavy atom. The number of carbonyl (C=O) groups is 1. The fourth-order valence-corrected chi connectivity index (χ4v) is 2.16. The largest absolute Gasteiger partial charge is 0.480 e. The van der Waals surface area contributed by atoms with Crippen molar-refractivity contribution in [2.45, 2.75) is 12.5 Å². The lowest BCUT2D eigenvalue weighted by molar-refractivity contribution is -0.139. The topological polar surface area (TPSA) is 61.4 Å². The van der Waals surface area contributed by atoms with Crippen LogP contribution in [-0.2, 0) is 11.2 Å². The fraction of sp³-hybridized carbons (Fsp3) is 0.125. The van der Waals surface area contributed by atoms with Crippen molar-refractivity contribution >= 4 is 29.0 Å². The van der Waals surface area contributed by atoms with E-state index in [0.29, 0.717) is 11.5 Å². The van der Waals surface area contributed by atoms with Crippen molar-refractivity contribution in [1.29, 1.82) is 0 Å². The van der Waals surface area contributed by atoms with E-state index in [-0.39, 0.29) is 0 Å². The molecule has 0 aromatic heterocycles. The standard InChI is InChI=1S/C16H16N2O2S/c19-15(20)14(11-12-7-3-1-4-8-12)18-16(21)17-13-9-5-2-6-10-13/h1-10,14H,11H2,(H,19,20)(H2,17,18,21)/t14-/m1/s1. The van der Waals surface area contributed by atoms with Crippen LogP contribution in [0.5, 0.6) is 0 Å². The van der Waals surface area contributed by atoms with E-state index in [2.05, 4.69) is 10.6 Å². The lowest BCUT2D eigenvalue weighted by Crippen LogP contribution is -2.44. The molecule has 0 saturated carbocycles. The Kier molecular flexibility index (Phi) is 5.29. The van der Waals surface area contributed by atoms with Crippen molar-refractivity contribution in [3.8, 4) is 0 Å². The zero-order chi connectivity index (χ0) is 15.1. The van der Waals surface area contributed by atoms with Gasteiger partial charge in [-0.15, -0.1) is 0 Å². The van der Waals surface area contributed by atoms with Crippen molar-refractivity contribution in [3.63, 3.8) is 0 Å². The third-order valence-corrected chi connectivity index (χ3v) is 3.14. The monoisotopic (exact) mass is 300 g/mol. The summed E-state index contributed by atoms with van der Waals surface area (Å²) in [5.41, 5.74) is 1.76. The summed E-state index contributed by atoms with van der Waals surface area (Å²) in [5, 5.41) is 15.4.